The SMILES string of the molecule is Cc1nn(C)c(N(C)Cc2cnn(C)c2)c1C(=O)O. The zero-order valence-electron chi connectivity index (χ0n) is 11.5. The summed E-state index contributed by atoms with van der Waals surface area (Å²) in [5, 5.41) is 17.6. The topological polar surface area (TPSA) is 76.2 Å². The number of carbonyl (C=O) groups is 1. The standard InChI is InChI=1S/C12H17N5O2/c1-8-10(12(18)19)11(17(4)14-8)15(2)6-9-5-13-16(3)7-9/h5,7H,6H2,1-4H3,(H,18,19). The van der Waals surface area contributed by atoms with E-state index in [4.69, 9.17) is 0 Å². The van der Waals surface area contributed by atoms with Crippen LogP contribution >= 0.6 is 0 Å². The van der Waals surface area contributed by atoms with Crippen LogP contribution in [0.15, 0.2) is 12.4 Å². The van der Waals surface area contributed by atoms with Gasteiger partial charge in [-0.2, -0.15) is 10.2 Å². The van der Waals surface area contributed by atoms with Crippen LogP contribution in [0.3, 0.4) is 0 Å². The van der Waals surface area contributed by atoms with Gasteiger partial charge in [0.1, 0.15) is 11.4 Å². The minimum atomic E-state index is -0.960. The first-order valence-corrected chi connectivity index (χ1v) is 5.85. The van der Waals surface area contributed by atoms with E-state index in [0.717, 1.165) is 5.56 Å². The van der Waals surface area contributed by atoms with Gasteiger partial charge in [-0.25, -0.2) is 4.79 Å². The zero-order chi connectivity index (χ0) is 14.2. The van der Waals surface area contributed by atoms with Crippen molar-refractivity contribution < 1.29 is 9.90 Å². The second kappa shape index (κ2) is 4.75. The fraction of sp³-hybridized carbons (Fsp3) is 0.417. The van der Waals surface area contributed by atoms with Gasteiger partial charge in [0.05, 0.1) is 11.9 Å². The van der Waals surface area contributed by atoms with Gasteiger partial charge in [0, 0.05) is 39.4 Å². The van der Waals surface area contributed by atoms with Crippen LogP contribution in [0.5, 0.6) is 0 Å². The van der Waals surface area contributed by atoms with Gasteiger partial charge >= 0.3 is 5.97 Å². The highest BCUT2D eigenvalue weighted by atomic mass is 16.4. The lowest BCUT2D eigenvalue weighted by molar-refractivity contribution is 0.0696. The Morgan fingerprint density at radius 3 is 2.68 bits per heavy atom. The largest absolute Gasteiger partial charge is 0.477 e. The molecule has 0 aliphatic carbocycles. The molecule has 0 aliphatic rings. The summed E-state index contributed by atoms with van der Waals surface area (Å²) in [6, 6.07) is 0. The Bertz CT molecular complexity index is 614. The molecule has 19 heavy (non-hydrogen) atoms. The van der Waals surface area contributed by atoms with Crippen LogP contribution in [0.2, 0.25) is 0 Å². The molecule has 0 fully saturated rings. The molecule has 2 rings (SSSR count). The number of aryl methyl sites for hydroxylation is 3. The molecular weight excluding hydrogens is 246 g/mol. The molecular formula is C12H17N5O2. The normalized spacial score (nSPS) is 10.7. The maximum absolute atomic E-state index is 11.3. The molecule has 0 unspecified atom stereocenters. The first kappa shape index (κ1) is 13.1. The molecule has 0 aromatic carbocycles. The molecule has 0 amide bonds. The average molecular weight is 263 g/mol. The van der Waals surface area contributed by atoms with E-state index in [2.05, 4.69) is 10.2 Å². The van der Waals surface area contributed by atoms with Gasteiger partial charge < -0.3 is 10.0 Å². The number of carboxylic acids is 1. The predicted molar refractivity (Wildman–Crippen MR) is 70.2 cm³/mol. The smallest absolute Gasteiger partial charge is 0.341 e. The lowest BCUT2D eigenvalue weighted by Gasteiger charge is -2.19. The third-order valence-electron chi connectivity index (χ3n) is 2.95. The number of anilines is 1. The second-order valence-electron chi connectivity index (χ2n) is 4.59. The second-order valence-corrected chi connectivity index (χ2v) is 4.59. The van der Waals surface area contributed by atoms with Gasteiger partial charge in [0.2, 0.25) is 0 Å². The highest BCUT2D eigenvalue weighted by molar-refractivity contribution is 5.94. The Balaban J connectivity index is 2.33. The van der Waals surface area contributed by atoms with Crippen molar-refractivity contribution in [3.05, 3.63) is 29.2 Å². The van der Waals surface area contributed by atoms with Gasteiger partial charge in [0.25, 0.3) is 0 Å². The van der Waals surface area contributed by atoms with Crippen LogP contribution in [0.4, 0.5) is 5.82 Å². The van der Waals surface area contributed by atoms with Crippen molar-refractivity contribution in [2.45, 2.75) is 13.5 Å². The summed E-state index contributed by atoms with van der Waals surface area (Å²) in [7, 11) is 5.44. The Kier molecular flexibility index (Phi) is 3.28. The van der Waals surface area contributed by atoms with Crippen LogP contribution in [0, 0.1) is 6.92 Å². The van der Waals surface area contributed by atoms with E-state index >= 15 is 0 Å². The summed E-state index contributed by atoms with van der Waals surface area (Å²) in [4.78, 5) is 13.2. The molecule has 7 nitrogen and oxygen atoms in total. The molecule has 0 radical (unpaired) electrons. The minimum Gasteiger partial charge on any atom is -0.477 e. The van der Waals surface area contributed by atoms with E-state index in [-0.39, 0.29) is 5.56 Å². The van der Waals surface area contributed by atoms with Crippen LogP contribution in [0.25, 0.3) is 0 Å². The van der Waals surface area contributed by atoms with Crippen molar-refractivity contribution in [3.8, 4) is 0 Å². The van der Waals surface area contributed by atoms with Crippen molar-refractivity contribution in [1.29, 1.82) is 0 Å². The van der Waals surface area contributed by atoms with E-state index in [1.54, 1.807) is 29.5 Å². The van der Waals surface area contributed by atoms with Gasteiger partial charge in [-0.05, 0) is 6.92 Å². The molecule has 2 aromatic rings. The molecule has 7 heteroatoms. The molecule has 0 saturated heterocycles. The van der Waals surface area contributed by atoms with Crippen molar-refractivity contribution in [1.82, 2.24) is 19.6 Å². The summed E-state index contributed by atoms with van der Waals surface area (Å²) >= 11 is 0. The molecule has 0 aliphatic heterocycles. The first-order valence-electron chi connectivity index (χ1n) is 5.85. The Morgan fingerprint density at radius 2 is 2.16 bits per heavy atom. The Morgan fingerprint density at radius 1 is 1.47 bits per heavy atom. The fourth-order valence-corrected chi connectivity index (χ4v) is 2.24. The summed E-state index contributed by atoms with van der Waals surface area (Å²) in [6.07, 6.45) is 3.67. The van der Waals surface area contributed by atoms with E-state index in [1.807, 2.05) is 25.2 Å². The maximum Gasteiger partial charge on any atom is 0.341 e. The summed E-state index contributed by atoms with van der Waals surface area (Å²) in [6.45, 7) is 2.28. The third kappa shape index (κ3) is 2.44. The van der Waals surface area contributed by atoms with Crippen LogP contribution in [-0.2, 0) is 20.6 Å². The Hall–Kier alpha value is -2.31. The highest BCUT2D eigenvalue weighted by Gasteiger charge is 2.22. The van der Waals surface area contributed by atoms with Gasteiger partial charge in [-0.15, -0.1) is 0 Å². The quantitative estimate of drug-likeness (QED) is 0.882. The lowest BCUT2D eigenvalue weighted by atomic mass is 10.2. The molecule has 1 N–H and O–H groups in total. The van der Waals surface area contributed by atoms with Crippen LogP contribution < -0.4 is 4.90 Å². The number of nitrogens with zero attached hydrogens (tertiary/aromatic N) is 5. The number of carboxylic acid groups (broad SMARTS) is 1. The van der Waals surface area contributed by atoms with Crippen LogP contribution in [0.1, 0.15) is 21.6 Å². The molecule has 0 atom stereocenters. The number of hydrogen-bond acceptors (Lipinski definition) is 4. The molecule has 0 spiro atoms. The Labute approximate surface area is 111 Å². The maximum atomic E-state index is 11.3. The van der Waals surface area contributed by atoms with Gasteiger partial charge in [0.15, 0.2) is 0 Å². The van der Waals surface area contributed by atoms with E-state index in [9.17, 15) is 9.90 Å². The molecule has 2 aromatic heterocycles. The van der Waals surface area contributed by atoms with Crippen molar-refractivity contribution in [2.24, 2.45) is 14.1 Å². The van der Waals surface area contributed by atoms with E-state index in [1.165, 1.54) is 0 Å². The van der Waals surface area contributed by atoms with Crippen LogP contribution in [-0.4, -0.2) is 37.7 Å². The zero-order valence-corrected chi connectivity index (χ0v) is 11.5. The number of hydrogen-bond donors (Lipinski definition) is 1. The monoisotopic (exact) mass is 263 g/mol. The number of aromatic carboxylic acids is 1. The third-order valence-corrected chi connectivity index (χ3v) is 2.95. The van der Waals surface area contributed by atoms with E-state index < -0.39 is 5.97 Å². The summed E-state index contributed by atoms with van der Waals surface area (Å²) in [5.41, 5.74) is 1.78. The average Bonchev–Trinajstić information content (AvgIpc) is 2.82. The molecule has 0 bridgehead atoms. The van der Waals surface area contributed by atoms with Crippen molar-refractivity contribution in [2.75, 3.05) is 11.9 Å². The number of aromatic nitrogens is 4. The van der Waals surface area contributed by atoms with Crippen molar-refractivity contribution in [3.63, 3.8) is 0 Å². The van der Waals surface area contributed by atoms with Crippen molar-refractivity contribution >= 4 is 11.8 Å². The lowest BCUT2D eigenvalue weighted by Crippen LogP contribution is -2.21. The van der Waals surface area contributed by atoms with Gasteiger partial charge in [-0.3, -0.25) is 9.36 Å². The predicted octanol–water partition coefficient (Wildman–Crippen LogP) is 0.797. The fourth-order valence-electron chi connectivity index (χ4n) is 2.24. The highest BCUT2D eigenvalue weighted by Crippen LogP contribution is 2.23. The van der Waals surface area contributed by atoms with E-state index in [0.29, 0.717) is 18.1 Å². The minimum absolute atomic E-state index is 0.244. The summed E-state index contributed by atoms with van der Waals surface area (Å²) in [5.74, 6) is -0.368. The molecule has 0 saturated carbocycles. The summed E-state index contributed by atoms with van der Waals surface area (Å²) < 4.78 is 3.31. The molecule has 2 heterocycles. The first-order chi connectivity index (χ1) is 8.90. The number of rotatable bonds is 4. The van der Waals surface area contributed by atoms with Gasteiger partial charge in [-0.1, -0.05) is 0 Å². The molecule has 102 valence electrons.